The number of carbonyl (C=O) groups excluding carboxylic acids is 1. The van der Waals surface area contributed by atoms with Gasteiger partial charge in [0.1, 0.15) is 12.4 Å². The fourth-order valence-electron chi connectivity index (χ4n) is 2.29. The third kappa shape index (κ3) is 4.67. The first kappa shape index (κ1) is 17.6. The summed E-state index contributed by atoms with van der Waals surface area (Å²) in [5.74, 6) is 0.917. The van der Waals surface area contributed by atoms with Crippen molar-refractivity contribution in [3.05, 3.63) is 66.1 Å². The van der Waals surface area contributed by atoms with Gasteiger partial charge in [0.05, 0.1) is 6.61 Å². The lowest BCUT2D eigenvalue weighted by Gasteiger charge is -2.08. The minimum atomic E-state index is -0.311. The fourth-order valence-corrected chi connectivity index (χ4v) is 2.29. The Morgan fingerprint density at radius 3 is 2.92 bits per heavy atom. The second-order valence-electron chi connectivity index (χ2n) is 5.49. The van der Waals surface area contributed by atoms with Crippen LogP contribution < -0.4 is 10.1 Å². The molecule has 0 saturated carbocycles. The van der Waals surface area contributed by atoms with E-state index in [4.69, 9.17) is 14.0 Å². The quantitative estimate of drug-likeness (QED) is 0.627. The lowest BCUT2D eigenvalue weighted by atomic mass is 10.2. The van der Waals surface area contributed by atoms with Crippen molar-refractivity contribution >= 4 is 5.91 Å². The lowest BCUT2D eigenvalue weighted by Crippen LogP contribution is -2.23. The molecule has 0 aliphatic carbocycles. The van der Waals surface area contributed by atoms with E-state index in [0.29, 0.717) is 25.5 Å². The van der Waals surface area contributed by atoms with Crippen molar-refractivity contribution in [1.29, 1.82) is 0 Å². The van der Waals surface area contributed by atoms with E-state index >= 15 is 0 Å². The number of ether oxygens (including phenoxy) is 2. The molecule has 0 fully saturated rings. The van der Waals surface area contributed by atoms with Crippen LogP contribution in [0.4, 0.5) is 0 Å². The summed E-state index contributed by atoms with van der Waals surface area (Å²) in [6.07, 6.45) is 3.32. The molecule has 1 amide bonds. The first-order valence-corrected chi connectivity index (χ1v) is 8.12. The highest BCUT2D eigenvalue weighted by atomic mass is 16.5. The Balaban J connectivity index is 1.57. The molecule has 0 saturated heterocycles. The van der Waals surface area contributed by atoms with Crippen LogP contribution in [0.3, 0.4) is 0 Å². The summed E-state index contributed by atoms with van der Waals surface area (Å²) in [4.78, 5) is 16.3. The van der Waals surface area contributed by atoms with E-state index in [9.17, 15) is 4.79 Å². The number of carbonyl (C=O) groups is 1. The molecule has 0 aliphatic rings. The van der Waals surface area contributed by atoms with Crippen LogP contribution in [0.15, 0.2) is 59.4 Å². The maximum atomic E-state index is 12.3. The highest BCUT2D eigenvalue weighted by Gasteiger charge is 2.13. The molecule has 7 nitrogen and oxygen atoms in total. The molecule has 0 aliphatic heterocycles. The molecule has 7 heteroatoms. The number of nitrogens with zero attached hydrogens (tertiary/aromatic N) is 2. The summed E-state index contributed by atoms with van der Waals surface area (Å²) < 4.78 is 15.7. The van der Waals surface area contributed by atoms with Gasteiger partial charge in [-0.05, 0) is 29.8 Å². The number of aromatic nitrogens is 2. The van der Waals surface area contributed by atoms with Gasteiger partial charge < -0.3 is 19.3 Å². The zero-order chi connectivity index (χ0) is 18.2. The molecule has 0 bridgehead atoms. The second-order valence-corrected chi connectivity index (χ2v) is 5.49. The Morgan fingerprint density at radius 1 is 1.19 bits per heavy atom. The Bertz CT molecular complexity index is 849. The van der Waals surface area contributed by atoms with Crippen LogP contribution in [0.5, 0.6) is 5.75 Å². The number of methoxy groups -OCH3 is 1. The average molecular weight is 353 g/mol. The van der Waals surface area contributed by atoms with Crippen LogP contribution in [0.1, 0.15) is 16.1 Å². The van der Waals surface area contributed by atoms with Crippen LogP contribution in [-0.4, -0.2) is 36.4 Å². The summed E-state index contributed by atoms with van der Waals surface area (Å²) >= 11 is 0. The topological polar surface area (TPSA) is 86.5 Å². The second kappa shape index (κ2) is 8.77. The van der Waals surface area contributed by atoms with E-state index in [2.05, 4.69) is 15.5 Å². The molecule has 2 heterocycles. The minimum Gasteiger partial charge on any atom is -0.491 e. The van der Waals surface area contributed by atoms with E-state index in [1.54, 1.807) is 31.6 Å². The van der Waals surface area contributed by atoms with Crippen LogP contribution >= 0.6 is 0 Å². The van der Waals surface area contributed by atoms with Gasteiger partial charge in [-0.3, -0.25) is 9.78 Å². The van der Waals surface area contributed by atoms with Gasteiger partial charge in [-0.25, -0.2) is 0 Å². The SMILES string of the molecule is COCCOc1cccc(CNC(=O)c2cc(-c3cccnc3)on2)c1. The fraction of sp³-hybridized carbons (Fsp3) is 0.211. The Hall–Kier alpha value is -3.19. The summed E-state index contributed by atoms with van der Waals surface area (Å²) in [7, 11) is 1.62. The number of amides is 1. The van der Waals surface area contributed by atoms with Crippen molar-refractivity contribution in [3.63, 3.8) is 0 Å². The monoisotopic (exact) mass is 353 g/mol. The highest BCUT2D eigenvalue weighted by Crippen LogP contribution is 2.19. The summed E-state index contributed by atoms with van der Waals surface area (Å²) in [5.41, 5.74) is 1.90. The van der Waals surface area contributed by atoms with Crippen LogP contribution in [0, 0.1) is 0 Å². The van der Waals surface area contributed by atoms with E-state index in [1.165, 1.54) is 0 Å². The molecule has 2 aromatic heterocycles. The predicted octanol–water partition coefficient (Wildman–Crippen LogP) is 2.69. The summed E-state index contributed by atoms with van der Waals surface area (Å²) in [6.45, 7) is 1.35. The smallest absolute Gasteiger partial charge is 0.273 e. The maximum Gasteiger partial charge on any atom is 0.273 e. The molecule has 3 rings (SSSR count). The first-order valence-electron chi connectivity index (χ1n) is 8.12. The molecule has 0 unspecified atom stereocenters. The van der Waals surface area contributed by atoms with Crippen molar-refractivity contribution in [2.45, 2.75) is 6.54 Å². The Kier molecular flexibility index (Phi) is 5.95. The zero-order valence-electron chi connectivity index (χ0n) is 14.3. The molecule has 0 spiro atoms. The van der Waals surface area contributed by atoms with E-state index in [1.807, 2.05) is 30.3 Å². The Morgan fingerprint density at radius 2 is 2.12 bits per heavy atom. The molecule has 0 atom stereocenters. The van der Waals surface area contributed by atoms with Gasteiger partial charge in [0.15, 0.2) is 11.5 Å². The molecule has 3 aromatic rings. The van der Waals surface area contributed by atoms with Gasteiger partial charge in [-0.1, -0.05) is 17.3 Å². The molecular formula is C19H19N3O4. The number of hydrogen-bond acceptors (Lipinski definition) is 6. The molecule has 134 valence electrons. The van der Waals surface area contributed by atoms with E-state index in [-0.39, 0.29) is 11.6 Å². The number of benzene rings is 1. The number of hydrogen-bond donors (Lipinski definition) is 1. The van der Waals surface area contributed by atoms with Crippen LogP contribution in [0.2, 0.25) is 0 Å². The van der Waals surface area contributed by atoms with Gasteiger partial charge in [0, 0.05) is 37.7 Å². The van der Waals surface area contributed by atoms with Crippen molar-refractivity contribution < 1.29 is 18.8 Å². The predicted molar refractivity (Wildman–Crippen MR) is 94.7 cm³/mol. The molecule has 1 aromatic carbocycles. The zero-order valence-corrected chi connectivity index (χ0v) is 14.3. The molecule has 0 radical (unpaired) electrons. The first-order chi connectivity index (χ1) is 12.8. The van der Waals surface area contributed by atoms with Gasteiger partial charge in [-0.2, -0.15) is 0 Å². The average Bonchev–Trinajstić information content (AvgIpc) is 3.18. The van der Waals surface area contributed by atoms with Gasteiger partial charge in [-0.15, -0.1) is 0 Å². The normalized spacial score (nSPS) is 10.5. The summed E-state index contributed by atoms with van der Waals surface area (Å²) in [6, 6.07) is 12.7. The molecular weight excluding hydrogens is 334 g/mol. The van der Waals surface area contributed by atoms with E-state index in [0.717, 1.165) is 16.9 Å². The molecule has 1 N–H and O–H groups in total. The third-order valence-electron chi connectivity index (χ3n) is 3.60. The standard InChI is InChI=1S/C19H19N3O4/c1-24-8-9-25-16-6-2-4-14(10-16)12-21-19(23)17-11-18(26-22-17)15-5-3-7-20-13-15/h2-7,10-11,13H,8-9,12H2,1H3,(H,21,23). The van der Waals surface area contributed by atoms with Crippen LogP contribution in [0.25, 0.3) is 11.3 Å². The highest BCUT2D eigenvalue weighted by molar-refractivity contribution is 5.93. The van der Waals surface area contributed by atoms with Crippen molar-refractivity contribution in [1.82, 2.24) is 15.5 Å². The minimum absolute atomic E-state index is 0.219. The number of pyridine rings is 1. The van der Waals surface area contributed by atoms with Crippen molar-refractivity contribution in [2.75, 3.05) is 20.3 Å². The maximum absolute atomic E-state index is 12.3. The van der Waals surface area contributed by atoms with Gasteiger partial charge >= 0.3 is 0 Å². The van der Waals surface area contributed by atoms with Gasteiger partial charge in [0.25, 0.3) is 5.91 Å². The van der Waals surface area contributed by atoms with Crippen molar-refractivity contribution in [2.24, 2.45) is 0 Å². The third-order valence-corrected chi connectivity index (χ3v) is 3.60. The molecule has 26 heavy (non-hydrogen) atoms. The largest absolute Gasteiger partial charge is 0.491 e. The van der Waals surface area contributed by atoms with Crippen molar-refractivity contribution in [3.8, 4) is 17.1 Å². The number of nitrogens with one attached hydrogen (secondary N) is 1. The van der Waals surface area contributed by atoms with Crippen LogP contribution in [-0.2, 0) is 11.3 Å². The Labute approximate surface area is 150 Å². The number of rotatable bonds is 8. The summed E-state index contributed by atoms with van der Waals surface area (Å²) in [5, 5.41) is 6.64. The lowest BCUT2D eigenvalue weighted by molar-refractivity contribution is 0.0942. The van der Waals surface area contributed by atoms with Gasteiger partial charge in [0.2, 0.25) is 0 Å². The van der Waals surface area contributed by atoms with E-state index < -0.39 is 0 Å².